The first-order chi connectivity index (χ1) is 15.5. The summed E-state index contributed by atoms with van der Waals surface area (Å²) in [5.41, 5.74) is 7.80. The van der Waals surface area contributed by atoms with Crippen molar-refractivity contribution in [3.63, 3.8) is 0 Å². The van der Waals surface area contributed by atoms with Crippen LogP contribution < -0.4 is 20.5 Å². The molecule has 4 N–H and O–H groups in total. The van der Waals surface area contributed by atoms with Crippen molar-refractivity contribution in [3.05, 3.63) is 65.4 Å². The lowest BCUT2D eigenvalue weighted by atomic mass is 10.1. The quantitative estimate of drug-likeness (QED) is 0.335. The van der Waals surface area contributed by atoms with Gasteiger partial charge in [-0.3, -0.25) is 9.59 Å². The van der Waals surface area contributed by atoms with Gasteiger partial charge in [-0.15, -0.1) is 0 Å². The molecule has 0 saturated carbocycles. The number of hydrogen-bond donors (Lipinski definition) is 3. The zero-order chi connectivity index (χ0) is 22.9. The highest BCUT2D eigenvalue weighted by molar-refractivity contribution is 6.01. The maximum absolute atomic E-state index is 12.5. The fourth-order valence-electron chi connectivity index (χ4n) is 3.21. The zero-order valence-electron chi connectivity index (χ0n) is 17.7. The molecule has 0 aliphatic rings. The average molecular weight is 432 g/mol. The number of benzene rings is 2. The molecular weight excluding hydrogens is 408 g/mol. The van der Waals surface area contributed by atoms with E-state index in [-0.39, 0.29) is 12.2 Å². The van der Waals surface area contributed by atoms with Crippen molar-refractivity contribution < 1.29 is 19.1 Å². The number of primary amides is 1. The van der Waals surface area contributed by atoms with Gasteiger partial charge >= 0.3 is 0 Å². The number of H-pyrrole nitrogens is 1. The molecule has 2 aromatic carbocycles. The SMILES string of the molecule is CCOc1cc(/C=C(/C#N)C(=O)NCCc2c[nH]c3ccccc23)ccc1OCC(N)=O. The maximum atomic E-state index is 12.5. The van der Waals surface area contributed by atoms with Gasteiger partial charge in [-0.25, -0.2) is 0 Å². The van der Waals surface area contributed by atoms with Crippen LogP contribution in [0.2, 0.25) is 0 Å². The Morgan fingerprint density at radius 1 is 1.19 bits per heavy atom. The summed E-state index contributed by atoms with van der Waals surface area (Å²) in [6, 6.07) is 14.8. The highest BCUT2D eigenvalue weighted by Crippen LogP contribution is 2.29. The number of hydrogen-bond acceptors (Lipinski definition) is 5. The third-order valence-corrected chi connectivity index (χ3v) is 4.67. The molecule has 1 aromatic heterocycles. The summed E-state index contributed by atoms with van der Waals surface area (Å²) in [7, 11) is 0. The van der Waals surface area contributed by atoms with Crippen LogP contribution in [0, 0.1) is 11.3 Å². The molecule has 0 spiro atoms. The predicted molar refractivity (Wildman–Crippen MR) is 121 cm³/mol. The molecule has 3 rings (SSSR count). The van der Waals surface area contributed by atoms with Gasteiger partial charge in [0.25, 0.3) is 11.8 Å². The van der Waals surface area contributed by atoms with E-state index >= 15 is 0 Å². The maximum Gasteiger partial charge on any atom is 0.261 e. The second-order valence-corrected chi connectivity index (χ2v) is 6.93. The highest BCUT2D eigenvalue weighted by atomic mass is 16.5. The number of nitrogens with two attached hydrogens (primary N) is 1. The molecule has 0 saturated heterocycles. The highest BCUT2D eigenvalue weighted by Gasteiger charge is 2.12. The molecular formula is C24H24N4O4. The molecule has 3 aromatic rings. The molecule has 164 valence electrons. The lowest BCUT2D eigenvalue weighted by molar-refractivity contribution is -0.120. The van der Waals surface area contributed by atoms with Crippen LogP contribution in [0.5, 0.6) is 11.5 Å². The molecule has 8 nitrogen and oxygen atoms in total. The van der Waals surface area contributed by atoms with Crippen molar-refractivity contribution in [3.8, 4) is 17.6 Å². The van der Waals surface area contributed by atoms with E-state index in [9.17, 15) is 14.9 Å². The molecule has 0 aliphatic heterocycles. The minimum Gasteiger partial charge on any atom is -0.490 e. The number of nitrogens with one attached hydrogen (secondary N) is 2. The molecule has 0 radical (unpaired) electrons. The van der Waals surface area contributed by atoms with Gasteiger partial charge in [0, 0.05) is 23.6 Å². The lowest BCUT2D eigenvalue weighted by Gasteiger charge is -2.11. The van der Waals surface area contributed by atoms with Crippen LogP contribution >= 0.6 is 0 Å². The zero-order valence-corrected chi connectivity index (χ0v) is 17.7. The van der Waals surface area contributed by atoms with Gasteiger partial charge in [-0.1, -0.05) is 24.3 Å². The minimum absolute atomic E-state index is 0.0304. The normalized spacial score (nSPS) is 11.1. The van der Waals surface area contributed by atoms with Crippen molar-refractivity contribution >= 4 is 28.8 Å². The molecule has 1 heterocycles. The fourth-order valence-corrected chi connectivity index (χ4v) is 3.21. The number of carbonyl (C=O) groups is 2. The first-order valence-electron chi connectivity index (χ1n) is 10.1. The number of nitrogens with zero attached hydrogens (tertiary/aromatic N) is 1. The van der Waals surface area contributed by atoms with Crippen molar-refractivity contribution in [2.45, 2.75) is 13.3 Å². The summed E-state index contributed by atoms with van der Waals surface area (Å²) in [5.74, 6) is -0.323. The van der Waals surface area contributed by atoms with Crippen molar-refractivity contribution in [1.82, 2.24) is 10.3 Å². The van der Waals surface area contributed by atoms with Crippen molar-refractivity contribution in [2.24, 2.45) is 5.73 Å². The van der Waals surface area contributed by atoms with Gasteiger partial charge in [0.05, 0.1) is 6.61 Å². The van der Waals surface area contributed by atoms with Crippen LogP contribution in [0.1, 0.15) is 18.1 Å². The van der Waals surface area contributed by atoms with Crippen LogP contribution in [0.3, 0.4) is 0 Å². The van der Waals surface area contributed by atoms with E-state index in [2.05, 4.69) is 10.3 Å². The Labute approximate surface area is 185 Å². The van der Waals surface area contributed by atoms with Gasteiger partial charge < -0.3 is 25.5 Å². The van der Waals surface area contributed by atoms with E-state index in [0.29, 0.717) is 36.6 Å². The molecule has 0 atom stereocenters. The largest absolute Gasteiger partial charge is 0.490 e. The molecule has 32 heavy (non-hydrogen) atoms. The molecule has 8 heteroatoms. The summed E-state index contributed by atoms with van der Waals surface area (Å²) < 4.78 is 10.9. The molecule has 0 fully saturated rings. The molecule has 0 aliphatic carbocycles. The average Bonchev–Trinajstić information content (AvgIpc) is 3.20. The third-order valence-electron chi connectivity index (χ3n) is 4.67. The Balaban J connectivity index is 1.67. The number of aromatic amines is 1. The van der Waals surface area contributed by atoms with E-state index in [0.717, 1.165) is 16.5 Å². The van der Waals surface area contributed by atoms with Crippen LogP contribution in [-0.2, 0) is 16.0 Å². The first kappa shape index (κ1) is 22.4. The second-order valence-electron chi connectivity index (χ2n) is 6.93. The van der Waals surface area contributed by atoms with Gasteiger partial charge in [-0.05, 0) is 48.7 Å². The standard InChI is InChI=1S/C24H24N4O4/c1-2-31-22-12-16(7-8-21(22)32-15-23(26)29)11-18(13-25)24(30)27-10-9-17-14-28-20-6-4-3-5-19(17)20/h3-8,11-12,14,28H,2,9-10,15H2,1H3,(H2,26,29)(H,27,30)/b18-11-. The Kier molecular flexibility index (Phi) is 7.49. The Hall–Kier alpha value is -4.25. The van der Waals surface area contributed by atoms with Crippen molar-refractivity contribution in [1.29, 1.82) is 5.26 Å². The van der Waals surface area contributed by atoms with Gasteiger partial charge in [0.2, 0.25) is 0 Å². The number of rotatable bonds is 10. The van der Waals surface area contributed by atoms with E-state index in [4.69, 9.17) is 15.2 Å². The van der Waals surface area contributed by atoms with Crippen molar-refractivity contribution in [2.75, 3.05) is 19.8 Å². The molecule has 0 unspecified atom stereocenters. The number of nitriles is 1. The fraction of sp³-hybridized carbons (Fsp3) is 0.208. The van der Waals surface area contributed by atoms with Gasteiger partial charge in [0.15, 0.2) is 18.1 Å². The Bertz CT molecular complexity index is 1190. The number of ether oxygens (including phenoxy) is 2. The Morgan fingerprint density at radius 2 is 2.00 bits per heavy atom. The number of carbonyl (C=O) groups excluding carboxylic acids is 2. The summed E-state index contributed by atoms with van der Waals surface area (Å²) >= 11 is 0. The van der Waals surface area contributed by atoms with E-state index in [1.807, 2.05) is 43.5 Å². The number of para-hydroxylation sites is 1. The van der Waals surface area contributed by atoms with Crippen LogP contribution in [0.4, 0.5) is 0 Å². The second kappa shape index (κ2) is 10.7. The van der Waals surface area contributed by atoms with Crippen LogP contribution in [-0.4, -0.2) is 36.6 Å². The topological polar surface area (TPSA) is 130 Å². The smallest absolute Gasteiger partial charge is 0.261 e. The minimum atomic E-state index is -0.604. The predicted octanol–water partition coefficient (Wildman–Crippen LogP) is 2.70. The van der Waals surface area contributed by atoms with E-state index in [1.165, 1.54) is 6.08 Å². The molecule has 2 amide bonds. The third kappa shape index (κ3) is 5.67. The summed E-state index contributed by atoms with van der Waals surface area (Å²) in [4.78, 5) is 26.7. The summed E-state index contributed by atoms with van der Waals surface area (Å²) in [5, 5.41) is 13.4. The van der Waals surface area contributed by atoms with Gasteiger partial charge in [-0.2, -0.15) is 5.26 Å². The summed E-state index contributed by atoms with van der Waals surface area (Å²) in [6.07, 6.45) is 4.03. The van der Waals surface area contributed by atoms with E-state index < -0.39 is 11.8 Å². The lowest BCUT2D eigenvalue weighted by Crippen LogP contribution is -2.26. The number of aromatic nitrogens is 1. The molecule has 0 bridgehead atoms. The van der Waals surface area contributed by atoms with E-state index in [1.54, 1.807) is 18.2 Å². The summed E-state index contributed by atoms with van der Waals surface area (Å²) in [6.45, 7) is 2.29. The monoisotopic (exact) mass is 432 g/mol. The Morgan fingerprint density at radius 3 is 2.75 bits per heavy atom. The number of amides is 2. The van der Waals surface area contributed by atoms with Crippen LogP contribution in [0.25, 0.3) is 17.0 Å². The first-order valence-corrected chi connectivity index (χ1v) is 10.1. The van der Waals surface area contributed by atoms with Crippen LogP contribution in [0.15, 0.2) is 54.2 Å². The van der Waals surface area contributed by atoms with Gasteiger partial charge in [0.1, 0.15) is 11.6 Å². The number of fused-ring (bicyclic) bond motifs is 1.